The third-order valence-electron chi connectivity index (χ3n) is 2.14. The van der Waals surface area contributed by atoms with E-state index in [1.165, 1.54) is 0 Å². The number of carbonyl (C=O) groups is 1. The molecule has 0 fully saturated rings. The van der Waals surface area contributed by atoms with Crippen molar-refractivity contribution in [1.29, 1.82) is 0 Å². The van der Waals surface area contributed by atoms with E-state index in [9.17, 15) is 4.79 Å². The summed E-state index contributed by atoms with van der Waals surface area (Å²) in [4.78, 5) is 18.4. The Morgan fingerprint density at radius 3 is 2.69 bits per heavy atom. The zero-order chi connectivity index (χ0) is 9.84. The van der Waals surface area contributed by atoms with Crippen molar-refractivity contribution in [3.63, 3.8) is 0 Å². The second kappa shape index (κ2) is 4.21. The summed E-state index contributed by atoms with van der Waals surface area (Å²) >= 11 is 0. The highest BCUT2D eigenvalue weighted by atomic mass is 16.1. The van der Waals surface area contributed by atoms with Gasteiger partial charge < -0.3 is 4.98 Å². The first-order valence-corrected chi connectivity index (χ1v) is 4.62. The Hall–Kier alpha value is -1.12. The van der Waals surface area contributed by atoms with E-state index < -0.39 is 0 Å². The van der Waals surface area contributed by atoms with Crippen LogP contribution in [0.4, 0.5) is 0 Å². The summed E-state index contributed by atoms with van der Waals surface area (Å²) in [5.74, 6) is 0.521. The van der Waals surface area contributed by atoms with Crippen LogP contribution in [0.1, 0.15) is 26.5 Å². The molecule has 0 radical (unpaired) electrons. The predicted octanol–water partition coefficient (Wildman–Crippen LogP) is 1.81. The SMILES string of the molecule is CC(C)C(=O)C(C)Cc1cnc[nH]1. The molecule has 0 aliphatic heterocycles. The molecule has 1 atom stereocenters. The minimum atomic E-state index is 0.0837. The molecule has 1 rings (SSSR count). The van der Waals surface area contributed by atoms with Gasteiger partial charge in [-0.1, -0.05) is 20.8 Å². The minimum absolute atomic E-state index is 0.0837. The quantitative estimate of drug-likeness (QED) is 0.768. The second-order valence-electron chi connectivity index (χ2n) is 3.74. The average molecular weight is 180 g/mol. The minimum Gasteiger partial charge on any atom is -0.348 e. The number of aromatic amines is 1. The Labute approximate surface area is 78.6 Å². The van der Waals surface area contributed by atoms with E-state index in [0.29, 0.717) is 5.78 Å². The molecule has 0 aliphatic rings. The average Bonchev–Trinajstić information content (AvgIpc) is 2.55. The molecular weight excluding hydrogens is 164 g/mol. The van der Waals surface area contributed by atoms with Gasteiger partial charge in [-0.05, 0) is 6.42 Å². The molecular formula is C10H16N2O. The van der Waals surface area contributed by atoms with Gasteiger partial charge in [0.1, 0.15) is 5.78 Å². The maximum atomic E-state index is 11.5. The second-order valence-corrected chi connectivity index (χ2v) is 3.74. The zero-order valence-electron chi connectivity index (χ0n) is 8.37. The number of imidazole rings is 1. The van der Waals surface area contributed by atoms with Gasteiger partial charge in [0.15, 0.2) is 0 Å². The van der Waals surface area contributed by atoms with Crippen molar-refractivity contribution in [2.24, 2.45) is 11.8 Å². The largest absolute Gasteiger partial charge is 0.348 e. The number of hydrogen-bond donors (Lipinski definition) is 1. The van der Waals surface area contributed by atoms with Gasteiger partial charge in [-0.3, -0.25) is 4.79 Å². The van der Waals surface area contributed by atoms with Crippen molar-refractivity contribution >= 4 is 5.78 Å². The van der Waals surface area contributed by atoms with E-state index in [1.807, 2.05) is 20.8 Å². The molecule has 1 aromatic rings. The number of nitrogens with one attached hydrogen (secondary N) is 1. The van der Waals surface area contributed by atoms with Crippen molar-refractivity contribution < 1.29 is 4.79 Å². The molecule has 0 saturated carbocycles. The normalized spacial score (nSPS) is 13.2. The summed E-state index contributed by atoms with van der Waals surface area (Å²) in [6.45, 7) is 5.83. The molecule has 0 aromatic carbocycles. The van der Waals surface area contributed by atoms with E-state index >= 15 is 0 Å². The van der Waals surface area contributed by atoms with Gasteiger partial charge in [0.05, 0.1) is 6.33 Å². The van der Waals surface area contributed by atoms with Crippen LogP contribution in [0, 0.1) is 11.8 Å². The van der Waals surface area contributed by atoms with Gasteiger partial charge in [0, 0.05) is 23.7 Å². The Balaban J connectivity index is 2.51. The van der Waals surface area contributed by atoms with Crippen LogP contribution in [0.15, 0.2) is 12.5 Å². The summed E-state index contributed by atoms with van der Waals surface area (Å²) in [6, 6.07) is 0. The molecule has 3 heteroatoms. The first-order chi connectivity index (χ1) is 6.11. The van der Waals surface area contributed by atoms with E-state index in [2.05, 4.69) is 9.97 Å². The number of H-pyrrole nitrogens is 1. The smallest absolute Gasteiger partial charge is 0.138 e. The molecule has 0 aliphatic carbocycles. The summed E-state index contributed by atoms with van der Waals surface area (Å²) in [5, 5.41) is 0. The number of hydrogen-bond acceptors (Lipinski definition) is 2. The van der Waals surface area contributed by atoms with Gasteiger partial charge >= 0.3 is 0 Å². The van der Waals surface area contributed by atoms with Gasteiger partial charge in [-0.2, -0.15) is 0 Å². The van der Waals surface area contributed by atoms with E-state index in [-0.39, 0.29) is 11.8 Å². The van der Waals surface area contributed by atoms with Crippen molar-refractivity contribution in [2.45, 2.75) is 27.2 Å². The fourth-order valence-corrected chi connectivity index (χ4v) is 1.40. The first kappa shape index (κ1) is 9.96. The molecule has 0 saturated heterocycles. The van der Waals surface area contributed by atoms with Gasteiger partial charge in [0.2, 0.25) is 0 Å². The van der Waals surface area contributed by atoms with Crippen molar-refractivity contribution in [1.82, 2.24) is 9.97 Å². The molecule has 1 N–H and O–H groups in total. The summed E-state index contributed by atoms with van der Waals surface area (Å²) in [6.07, 6.45) is 4.17. The monoisotopic (exact) mass is 180 g/mol. The number of aromatic nitrogens is 2. The van der Waals surface area contributed by atoms with Crippen molar-refractivity contribution in [2.75, 3.05) is 0 Å². The summed E-state index contributed by atoms with van der Waals surface area (Å²) < 4.78 is 0. The summed E-state index contributed by atoms with van der Waals surface area (Å²) in [7, 11) is 0. The Kier molecular flexibility index (Phi) is 3.23. The molecule has 1 heterocycles. The highest BCUT2D eigenvalue weighted by Crippen LogP contribution is 2.11. The van der Waals surface area contributed by atoms with Crippen LogP contribution in [0.5, 0.6) is 0 Å². The van der Waals surface area contributed by atoms with Crippen LogP contribution < -0.4 is 0 Å². The van der Waals surface area contributed by atoms with Crippen LogP contribution in [0.2, 0.25) is 0 Å². The highest BCUT2D eigenvalue weighted by molar-refractivity contribution is 5.82. The lowest BCUT2D eigenvalue weighted by atomic mass is 9.93. The lowest BCUT2D eigenvalue weighted by Crippen LogP contribution is -2.19. The van der Waals surface area contributed by atoms with Gasteiger partial charge in [-0.25, -0.2) is 4.98 Å². The molecule has 1 aromatic heterocycles. The van der Waals surface area contributed by atoms with Crippen LogP contribution in [-0.4, -0.2) is 15.8 Å². The third kappa shape index (κ3) is 2.68. The van der Waals surface area contributed by atoms with Crippen LogP contribution in [-0.2, 0) is 11.2 Å². The molecule has 1 unspecified atom stereocenters. The molecule has 0 bridgehead atoms. The maximum Gasteiger partial charge on any atom is 0.138 e. The van der Waals surface area contributed by atoms with E-state index in [0.717, 1.165) is 12.1 Å². The van der Waals surface area contributed by atoms with Crippen molar-refractivity contribution in [3.05, 3.63) is 18.2 Å². The lowest BCUT2D eigenvalue weighted by Gasteiger charge is -2.11. The Bertz CT molecular complexity index is 264. The Morgan fingerprint density at radius 1 is 1.54 bits per heavy atom. The fraction of sp³-hybridized carbons (Fsp3) is 0.600. The predicted molar refractivity (Wildman–Crippen MR) is 51.3 cm³/mol. The molecule has 0 amide bonds. The number of nitrogens with zero attached hydrogens (tertiary/aromatic N) is 1. The van der Waals surface area contributed by atoms with E-state index in [4.69, 9.17) is 0 Å². The highest BCUT2D eigenvalue weighted by Gasteiger charge is 2.16. The third-order valence-corrected chi connectivity index (χ3v) is 2.14. The Morgan fingerprint density at radius 2 is 2.23 bits per heavy atom. The van der Waals surface area contributed by atoms with Crippen molar-refractivity contribution in [3.8, 4) is 0 Å². The number of carbonyl (C=O) groups excluding carboxylic acids is 1. The zero-order valence-corrected chi connectivity index (χ0v) is 8.37. The molecule has 0 spiro atoms. The fourth-order valence-electron chi connectivity index (χ4n) is 1.40. The number of Topliss-reactive ketones (excluding diaryl/α,β-unsaturated/α-hetero) is 1. The topological polar surface area (TPSA) is 45.8 Å². The number of rotatable bonds is 4. The van der Waals surface area contributed by atoms with Gasteiger partial charge in [0.25, 0.3) is 0 Å². The van der Waals surface area contributed by atoms with E-state index in [1.54, 1.807) is 12.5 Å². The summed E-state index contributed by atoms with van der Waals surface area (Å²) in [5.41, 5.74) is 1.03. The van der Waals surface area contributed by atoms with Crippen LogP contribution >= 0.6 is 0 Å². The molecule has 72 valence electrons. The number of ketones is 1. The van der Waals surface area contributed by atoms with Crippen LogP contribution in [0.3, 0.4) is 0 Å². The molecule has 13 heavy (non-hydrogen) atoms. The lowest BCUT2D eigenvalue weighted by molar-refractivity contribution is -0.125. The van der Waals surface area contributed by atoms with Crippen LogP contribution in [0.25, 0.3) is 0 Å². The van der Waals surface area contributed by atoms with Gasteiger partial charge in [-0.15, -0.1) is 0 Å². The standard InChI is InChI=1S/C10H16N2O/c1-7(2)10(13)8(3)4-9-5-11-6-12-9/h5-8H,4H2,1-3H3,(H,11,12). The molecule has 3 nitrogen and oxygen atoms in total. The first-order valence-electron chi connectivity index (χ1n) is 4.62. The maximum absolute atomic E-state index is 11.5.